The lowest BCUT2D eigenvalue weighted by Gasteiger charge is -2.10. The normalized spacial score (nSPS) is 18.3. The number of carbonyl (C=O) groups excluding carboxylic acids is 1. The third-order valence-electron chi connectivity index (χ3n) is 2.68. The van der Waals surface area contributed by atoms with Crippen molar-refractivity contribution in [3.05, 3.63) is 29.6 Å². The first kappa shape index (κ1) is 14.8. The molecular formula is C11H12ClF3N2O. The SMILES string of the molecule is Cl.O=C(Nc1cc(F)c(F)c(F)c1)[C@H]1CCNC1. The Morgan fingerprint density at radius 2 is 1.89 bits per heavy atom. The van der Waals surface area contributed by atoms with E-state index >= 15 is 0 Å². The number of rotatable bonds is 2. The molecular weight excluding hydrogens is 269 g/mol. The summed E-state index contributed by atoms with van der Waals surface area (Å²) < 4.78 is 38.5. The van der Waals surface area contributed by atoms with Crippen LogP contribution in [0.3, 0.4) is 0 Å². The lowest BCUT2D eigenvalue weighted by Crippen LogP contribution is -2.24. The van der Waals surface area contributed by atoms with E-state index in [1.54, 1.807) is 0 Å². The lowest BCUT2D eigenvalue weighted by molar-refractivity contribution is -0.119. The van der Waals surface area contributed by atoms with E-state index in [9.17, 15) is 18.0 Å². The number of hydrogen-bond acceptors (Lipinski definition) is 2. The van der Waals surface area contributed by atoms with Crippen LogP contribution in [0.25, 0.3) is 0 Å². The molecule has 1 atom stereocenters. The zero-order valence-corrected chi connectivity index (χ0v) is 10.1. The Morgan fingerprint density at radius 1 is 1.28 bits per heavy atom. The van der Waals surface area contributed by atoms with Gasteiger partial charge in [-0.1, -0.05) is 0 Å². The molecule has 0 aliphatic carbocycles. The number of benzene rings is 1. The largest absolute Gasteiger partial charge is 0.326 e. The maximum atomic E-state index is 12.9. The Labute approximate surface area is 108 Å². The molecule has 1 saturated heterocycles. The van der Waals surface area contributed by atoms with Gasteiger partial charge in [0.2, 0.25) is 5.91 Å². The molecule has 2 rings (SSSR count). The standard InChI is InChI=1S/C11H11F3N2O.ClH/c12-8-3-7(4-9(13)10(8)14)16-11(17)6-1-2-15-5-6;/h3-4,6,15H,1-2,5H2,(H,16,17);1H/t6-;/m0./s1. The second-order valence-electron chi connectivity index (χ2n) is 3.93. The molecule has 18 heavy (non-hydrogen) atoms. The van der Waals surface area contributed by atoms with Gasteiger partial charge >= 0.3 is 0 Å². The summed E-state index contributed by atoms with van der Waals surface area (Å²) in [6, 6.07) is 1.53. The zero-order chi connectivity index (χ0) is 12.4. The molecule has 3 nitrogen and oxygen atoms in total. The lowest BCUT2D eigenvalue weighted by atomic mass is 10.1. The molecule has 1 aliphatic rings. The first-order chi connectivity index (χ1) is 8.08. The highest BCUT2D eigenvalue weighted by Crippen LogP contribution is 2.19. The van der Waals surface area contributed by atoms with Crippen LogP contribution in [0, 0.1) is 23.4 Å². The van der Waals surface area contributed by atoms with Crippen LogP contribution in [0.5, 0.6) is 0 Å². The van der Waals surface area contributed by atoms with Gasteiger partial charge in [-0.2, -0.15) is 0 Å². The molecule has 0 bridgehead atoms. The molecule has 2 N–H and O–H groups in total. The van der Waals surface area contributed by atoms with Crippen molar-refractivity contribution in [1.29, 1.82) is 0 Å². The predicted molar refractivity (Wildman–Crippen MR) is 63.2 cm³/mol. The van der Waals surface area contributed by atoms with Crippen LogP contribution in [-0.4, -0.2) is 19.0 Å². The van der Waals surface area contributed by atoms with Gasteiger partial charge in [0.15, 0.2) is 17.5 Å². The molecule has 100 valence electrons. The van der Waals surface area contributed by atoms with E-state index in [1.807, 2.05) is 0 Å². The molecule has 0 radical (unpaired) electrons. The highest BCUT2D eigenvalue weighted by atomic mass is 35.5. The third-order valence-corrected chi connectivity index (χ3v) is 2.68. The van der Waals surface area contributed by atoms with Crippen molar-refractivity contribution >= 4 is 24.0 Å². The van der Waals surface area contributed by atoms with Crippen LogP contribution in [0.2, 0.25) is 0 Å². The number of nitrogens with one attached hydrogen (secondary N) is 2. The van der Waals surface area contributed by atoms with Crippen molar-refractivity contribution in [3.63, 3.8) is 0 Å². The third kappa shape index (κ3) is 3.14. The number of halogens is 4. The van der Waals surface area contributed by atoms with Crippen LogP contribution in [0.15, 0.2) is 12.1 Å². The van der Waals surface area contributed by atoms with Crippen LogP contribution < -0.4 is 10.6 Å². The topological polar surface area (TPSA) is 41.1 Å². The van der Waals surface area contributed by atoms with Crippen LogP contribution >= 0.6 is 12.4 Å². The number of carbonyl (C=O) groups is 1. The van der Waals surface area contributed by atoms with E-state index in [0.29, 0.717) is 13.0 Å². The number of anilines is 1. The second-order valence-corrected chi connectivity index (χ2v) is 3.93. The van der Waals surface area contributed by atoms with Crippen molar-refractivity contribution in [1.82, 2.24) is 5.32 Å². The Morgan fingerprint density at radius 3 is 2.39 bits per heavy atom. The average molecular weight is 281 g/mol. The van der Waals surface area contributed by atoms with Gasteiger partial charge in [-0.25, -0.2) is 13.2 Å². The highest BCUT2D eigenvalue weighted by Gasteiger charge is 2.23. The Hall–Kier alpha value is -1.27. The summed E-state index contributed by atoms with van der Waals surface area (Å²) in [4.78, 5) is 11.6. The van der Waals surface area contributed by atoms with Gasteiger partial charge in [0.25, 0.3) is 0 Å². The van der Waals surface area contributed by atoms with E-state index < -0.39 is 17.5 Å². The van der Waals surface area contributed by atoms with E-state index in [2.05, 4.69) is 10.6 Å². The van der Waals surface area contributed by atoms with Crippen molar-refractivity contribution in [3.8, 4) is 0 Å². The Kier molecular flexibility index (Phi) is 4.98. The summed E-state index contributed by atoms with van der Waals surface area (Å²) >= 11 is 0. The van der Waals surface area contributed by atoms with Crippen LogP contribution in [0.1, 0.15) is 6.42 Å². The van der Waals surface area contributed by atoms with Gasteiger partial charge in [-0.15, -0.1) is 12.4 Å². The van der Waals surface area contributed by atoms with Gasteiger partial charge < -0.3 is 10.6 Å². The first-order valence-electron chi connectivity index (χ1n) is 5.24. The van der Waals surface area contributed by atoms with Gasteiger partial charge in [0.1, 0.15) is 0 Å². The summed E-state index contributed by atoms with van der Waals surface area (Å²) in [5.74, 6) is -4.70. The van der Waals surface area contributed by atoms with Crippen LogP contribution in [-0.2, 0) is 4.79 Å². The van der Waals surface area contributed by atoms with Crippen molar-refractivity contribution in [2.45, 2.75) is 6.42 Å². The maximum absolute atomic E-state index is 12.9. The molecule has 1 aromatic rings. The van der Waals surface area contributed by atoms with Gasteiger partial charge in [-0.05, 0) is 13.0 Å². The molecule has 1 amide bonds. The van der Waals surface area contributed by atoms with E-state index in [-0.39, 0.29) is 29.9 Å². The fourth-order valence-corrected chi connectivity index (χ4v) is 1.75. The quantitative estimate of drug-likeness (QED) is 0.815. The first-order valence-corrected chi connectivity index (χ1v) is 5.24. The minimum absolute atomic E-state index is 0. The summed E-state index contributed by atoms with van der Waals surface area (Å²) in [7, 11) is 0. The molecule has 7 heteroatoms. The summed E-state index contributed by atoms with van der Waals surface area (Å²) in [5, 5.41) is 5.37. The molecule has 0 spiro atoms. The van der Waals surface area contributed by atoms with E-state index in [0.717, 1.165) is 18.7 Å². The molecule has 1 aliphatic heterocycles. The predicted octanol–water partition coefficient (Wildman–Crippen LogP) is 2.07. The number of amides is 1. The Balaban J connectivity index is 0.00000162. The van der Waals surface area contributed by atoms with E-state index in [4.69, 9.17) is 0 Å². The molecule has 1 aromatic carbocycles. The second kappa shape index (κ2) is 6.06. The van der Waals surface area contributed by atoms with Crippen LogP contribution in [0.4, 0.5) is 18.9 Å². The fraction of sp³-hybridized carbons (Fsp3) is 0.364. The highest BCUT2D eigenvalue weighted by molar-refractivity contribution is 5.92. The average Bonchev–Trinajstić information content (AvgIpc) is 2.79. The molecule has 0 unspecified atom stereocenters. The minimum atomic E-state index is -1.54. The molecule has 1 fully saturated rings. The minimum Gasteiger partial charge on any atom is -0.326 e. The van der Waals surface area contributed by atoms with Gasteiger partial charge in [0, 0.05) is 24.4 Å². The maximum Gasteiger partial charge on any atom is 0.228 e. The molecule has 1 heterocycles. The molecule has 0 saturated carbocycles. The van der Waals surface area contributed by atoms with Gasteiger partial charge in [0.05, 0.1) is 5.92 Å². The fourth-order valence-electron chi connectivity index (χ4n) is 1.75. The molecule has 0 aromatic heterocycles. The van der Waals surface area contributed by atoms with Crippen molar-refractivity contribution in [2.24, 2.45) is 5.92 Å². The summed E-state index contributed by atoms with van der Waals surface area (Å²) in [6.45, 7) is 1.28. The summed E-state index contributed by atoms with van der Waals surface area (Å²) in [5.41, 5.74) is -0.0710. The Bertz CT molecular complexity index is 427. The zero-order valence-electron chi connectivity index (χ0n) is 9.30. The van der Waals surface area contributed by atoms with Crippen molar-refractivity contribution < 1.29 is 18.0 Å². The van der Waals surface area contributed by atoms with Gasteiger partial charge in [-0.3, -0.25) is 4.79 Å². The monoisotopic (exact) mass is 280 g/mol. The smallest absolute Gasteiger partial charge is 0.228 e. The van der Waals surface area contributed by atoms with E-state index in [1.165, 1.54) is 0 Å². The number of hydrogen-bond donors (Lipinski definition) is 2. The summed E-state index contributed by atoms with van der Waals surface area (Å²) in [6.07, 6.45) is 0.679. The van der Waals surface area contributed by atoms with Crippen molar-refractivity contribution in [2.75, 3.05) is 18.4 Å².